The zero-order valence-electron chi connectivity index (χ0n) is 14.0. The quantitative estimate of drug-likeness (QED) is 0.830. The van der Waals surface area contributed by atoms with E-state index in [2.05, 4.69) is 4.98 Å². The van der Waals surface area contributed by atoms with Crippen LogP contribution in [-0.2, 0) is 32.0 Å². The highest BCUT2D eigenvalue weighted by molar-refractivity contribution is 5.96. The lowest BCUT2D eigenvalue weighted by Crippen LogP contribution is -2.46. The van der Waals surface area contributed by atoms with Crippen molar-refractivity contribution in [2.45, 2.75) is 19.1 Å². The van der Waals surface area contributed by atoms with Gasteiger partial charge in [0.2, 0.25) is 0 Å². The lowest BCUT2D eigenvalue weighted by atomic mass is 10.0. The first-order valence-electron chi connectivity index (χ1n) is 8.37. The van der Waals surface area contributed by atoms with Crippen LogP contribution in [0.15, 0.2) is 18.2 Å². The smallest absolute Gasteiger partial charge is 0.337 e. The number of ether oxygens (including phenoxy) is 3. The van der Waals surface area contributed by atoms with Gasteiger partial charge in [-0.15, -0.1) is 0 Å². The third-order valence-corrected chi connectivity index (χ3v) is 4.80. The number of aromatic amines is 1. The Balaban J connectivity index is 1.62. The van der Waals surface area contributed by atoms with Gasteiger partial charge in [0, 0.05) is 41.7 Å². The Morgan fingerprint density at radius 3 is 2.96 bits per heavy atom. The summed E-state index contributed by atoms with van der Waals surface area (Å²) in [7, 11) is 1.37. The van der Waals surface area contributed by atoms with Crippen LogP contribution in [0.4, 0.5) is 0 Å². The van der Waals surface area contributed by atoms with Crippen molar-refractivity contribution in [3.63, 3.8) is 0 Å². The number of aromatic nitrogens is 1. The third kappa shape index (κ3) is 2.89. The highest BCUT2D eigenvalue weighted by Gasteiger charge is 2.31. The molecule has 2 aliphatic heterocycles. The van der Waals surface area contributed by atoms with Gasteiger partial charge < -0.3 is 24.1 Å². The number of H-pyrrole nitrogens is 1. The molecule has 0 saturated carbocycles. The Morgan fingerprint density at radius 1 is 1.32 bits per heavy atom. The molecule has 1 saturated heterocycles. The number of carbonyl (C=O) groups excluding carboxylic acids is 2. The molecule has 1 N–H and O–H groups in total. The standard InChI is InChI=1S/C18H20N2O5/c1-23-18(22)11-2-3-14-12(8-11)13-9-20(5-4-15(13)19-14)17(21)16-10-24-6-7-25-16/h2-3,8,16,19H,4-7,9-10H2,1H3. The molecule has 2 aliphatic rings. The highest BCUT2D eigenvalue weighted by atomic mass is 16.6. The maximum Gasteiger partial charge on any atom is 0.337 e. The second-order valence-electron chi connectivity index (χ2n) is 6.28. The van der Waals surface area contributed by atoms with Gasteiger partial charge in [-0.2, -0.15) is 0 Å². The molecule has 132 valence electrons. The monoisotopic (exact) mass is 344 g/mol. The number of hydrogen-bond acceptors (Lipinski definition) is 5. The van der Waals surface area contributed by atoms with Crippen molar-refractivity contribution in [2.24, 2.45) is 0 Å². The number of fused-ring (bicyclic) bond motifs is 3. The summed E-state index contributed by atoms with van der Waals surface area (Å²) in [5.74, 6) is -0.405. The summed E-state index contributed by atoms with van der Waals surface area (Å²) < 4.78 is 15.7. The van der Waals surface area contributed by atoms with Crippen LogP contribution in [0.2, 0.25) is 0 Å². The molecule has 3 heterocycles. The lowest BCUT2D eigenvalue weighted by molar-refractivity contribution is -0.158. The minimum Gasteiger partial charge on any atom is -0.465 e. The van der Waals surface area contributed by atoms with Crippen LogP contribution in [0.3, 0.4) is 0 Å². The molecule has 0 bridgehead atoms. The Bertz CT molecular complexity index is 822. The van der Waals surface area contributed by atoms with Crippen molar-refractivity contribution in [2.75, 3.05) is 33.5 Å². The van der Waals surface area contributed by atoms with Crippen LogP contribution >= 0.6 is 0 Å². The number of nitrogens with zero attached hydrogens (tertiary/aromatic N) is 1. The van der Waals surface area contributed by atoms with Gasteiger partial charge in [-0.25, -0.2) is 4.79 Å². The van der Waals surface area contributed by atoms with Gasteiger partial charge >= 0.3 is 5.97 Å². The molecule has 0 spiro atoms. The molecule has 2 aromatic rings. The number of benzene rings is 1. The first-order chi connectivity index (χ1) is 12.2. The number of esters is 1. The molecule has 25 heavy (non-hydrogen) atoms. The van der Waals surface area contributed by atoms with Crippen molar-refractivity contribution in [3.8, 4) is 0 Å². The van der Waals surface area contributed by atoms with Gasteiger partial charge in [0.15, 0.2) is 6.10 Å². The predicted molar refractivity (Wildman–Crippen MR) is 89.3 cm³/mol. The fourth-order valence-corrected chi connectivity index (χ4v) is 3.48. The number of nitrogens with one attached hydrogen (secondary N) is 1. The van der Waals surface area contributed by atoms with Crippen LogP contribution in [0.25, 0.3) is 10.9 Å². The fourth-order valence-electron chi connectivity index (χ4n) is 3.48. The van der Waals surface area contributed by atoms with E-state index in [1.54, 1.807) is 11.0 Å². The Kier molecular flexibility index (Phi) is 4.19. The van der Waals surface area contributed by atoms with E-state index in [1.807, 2.05) is 12.1 Å². The average molecular weight is 344 g/mol. The summed E-state index contributed by atoms with van der Waals surface area (Å²) in [5.41, 5.74) is 3.63. The molecule has 1 aromatic heterocycles. The van der Waals surface area contributed by atoms with Crippen molar-refractivity contribution in [1.29, 1.82) is 0 Å². The minimum absolute atomic E-state index is 0.0381. The maximum absolute atomic E-state index is 12.7. The molecule has 0 radical (unpaired) electrons. The molecule has 7 heteroatoms. The van der Waals surface area contributed by atoms with Crippen LogP contribution in [0.1, 0.15) is 21.6 Å². The van der Waals surface area contributed by atoms with Crippen molar-refractivity contribution in [1.82, 2.24) is 9.88 Å². The SMILES string of the molecule is COC(=O)c1ccc2[nH]c3c(c2c1)CN(C(=O)C1COCCO1)CC3. The number of amides is 1. The van der Waals surface area contributed by atoms with E-state index < -0.39 is 6.10 Å². The number of rotatable bonds is 2. The molecule has 1 atom stereocenters. The molecule has 0 aliphatic carbocycles. The van der Waals surface area contributed by atoms with Crippen LogP contribution in [0, 0.1) is 0 Å². The summed E-state index contributed by atoms with van der Waals surface area (Å²) in [5, 5.41) is 0.955. The summed E-state index contributed by atoms with van der Waals surface area (Å²) in [6.45, 7) is 2.43. The van der Waals surface area contributed by atoms with E-state index in [1.165, 1.54) is 7.11 Å². The normalized spacial score (nSPS) is 20.4. The molecule has 1 amide bonds. The fraction of sp³-hybridized carbons (Fsp3) is 0.444. The zero-order valence-corrected chi connectivity index (χ0v) is 14.0. The summed E-state index contributed by atoms with van der Waals surface area (Å²) in [4.78, 5) is 29.7. The second kappa shape index (κ2) is 6.50. The van der Waals surface area contributed by atoms with E-state index in [-0.39, 0.29) is 11.9 Å². The second-order valence-corrected chi connectivity index (χ2v) is 6.28. The molecule has 1 aromatic carbocycles. The molecule has 1 fully saturated rings. The van der Waals surface area contributed by atoms with E-state index in [4.69, 9.17) is 14.2 Å². The Labute approximate surface area is 144 Å². The Hall–Kier alpha value is -2.38. The topological polar surface area (TPSA) is 80.9 Å². The predicted octanol–water partition coefficient (Wildman–Crippen LogP) is 1.25. The molecule has 7 nitrogen and oxygen atoms in total. The first-order valence-corrected chi connectivity index (χ1v) is 8.37. The lowest BCUT2D eigenvalue weighted by Gasteiger charge is -2.32. The molecular weight excluding hydrogens is 324 g/mol. The van der Waals surface area contributed by atoms with E-state index in [0.717, 1.165) is 28.6 Å². The average Bonchev–Trinajstić information content (AvgIpc) is 3.04. The Morgan fingerprint density at radius 2 is 2.20 bits per heavy atom. The number of methoxy groups -OCH3 is 1. The van der Waals surface area contributed by atoms with E-state index in [9.17, 15) is 9.59 Å². The van der Waals surface area contributed by atoms with Crippen molar-refractivity contribution < 1.29 is 23.8 Å². The summed E-state index contributed by atoms with van der Waals surface area (Å²) in [6, 6.07) is 5.45. The van der Waals surface area contributed by atoms with Gasteiger partial charge in [-0.3, -0.25) is 4.79 Å². The summed E-state index contributed by atoms with van der Waals surface area (Å²) >= 11 is 0. The van der Waals surface area contributed by atoms with Crippen LogP contribution in [-0.4, -0.2) is 61.3 Å². The van der Waals surface area contributed by atoms with Crippen LogP contribution in [0.5, 0.6) is 0 Å². The van der Waals surface area contributed by atoms with Crippen molar-refractivity contribution >= 4 is 22.8 Å². The minimum atomic E-state index is -0.522. The summed E-state index contributed by atoms with van der Waals surface area (Å²) in [6.07, 6.45) is 0.225. The van der Waals surface area contributed by atoms with Gasteiger partial charge in [-0.05, 0) is 18.2 Å². The highest BCUT2D eigenvalue weighted by Crippen LogP contribution is 2.29. The zero-order chi connectivity index (χ0) is 17.4. The van der Waals surface area contributed by atoms with Gasteiger partial charge in [0.25, 0.3) is 5.91 Å². The maximum atomic E-state index is 12.7. The van der Waals surface area contributed by atoms with Gasteiger partial charge in [0.1, 0.15) is 0 Å². The number of carbonyl (C=O) groups is 2. The van der Waals surface area contributed by atoms with Gasteiger partial charge in [0.05, 0.1) is 32.5 Å². The third-order valence-electron chi connectivity index (χ3n) is 4.80. The molecular formula is C18H20N2O5. The largest absolute Gasteiger partial charge is 0.465 e. The van der Waals surface area contributed by atoms with Gasteiger partial charge in [-0.1, -0.05) is 0 Å². The van der Waals surface area contributed by atoms with Crippen molar-refractivity contribution in [3.05, 3.63) is 35.0 Å². The molecule has 4 rings (SSSR count). The van der Waals surface area contributed by atoms with E-state index >= 15 is 0 Å². The molecule has 1 unspecified atom stereocenters. The number of hydrogen-bond donors (Lipinski definition) is 1. The first kappa shape index (κ1) is 16.1. The van der Waals surface area contributed by atoms with E-state index in [0.29, 0.717) is 38.5 Å². The van der Waals surface area contributed by atoms with Crippen LogP contribution < -0.4 is 0 Å².